The number of aliphatic hydroxyl groups is 1. The molecule has 2 aromatic rings. The first-order valence-corrected chi connectivity index (χ1v) is 59.2. The van der Waals surface area contributed by atoms with E-state index < -0.39 is 0 Å². The molecule has 0 saturated heterocycles. The van der Waals surface area contributed by atoms with Gasteiger partial charge in [-0.2, -0.15) is 0 Å². The van der Waals surface area contributed by atoms with Crippen LogP contribution in [0.4, 0.5) is 0 Å². The maximum Gasteiger partial charge on any atom is 0.138 e. The summed E-state index contributed by atoms with van der Waals surface area (Å²) in [6, 6.07) is 16.5. The van der Waals surface area contributed by atoms with E-state index in [1.807, 2.05) is 34.0 Å². The van der Waals surface area contributed by atoms with Gasteiger partial charge in [-0.3, -0.25) is 0 Å². The summed E-state index contributed by atoms with van der Waals surface area (Å²) in [6.45, 7) is 31.3. The Morgan fingerprint density at radius 1 is 0.369 bits per heavy atom. The molecule has 2 nitrogen and oxygen atoms in total. The molecule has 130 heavy (non-hydrogen) atoms. The summed E-state index contributed by atoms with van der Waals surface area (Å²) in [6.07, 6.45) is 89.7. The van der Waals surface area contributed by atoms with Crippen molar-refractivity contribution in [2.75, 3.05) is 5.94 Å². The molecule has 0 aromatic heterocycles. The number of hydrogen-bond acceptors (Lipinski definition) is 3. The summed E-state index contributed by atoms with van der Waals surface area (Å²) in [5.74, 6) is 29.4. The van der Waals surface area contributed by atoms with Crippen LogP contribution in [0.15, 0.2) is 100 Å². The van der Waals surface area contributed by atoms with Gasteiger partial charge in [0.2, 0.25) is 0 Å². The first-order chi connectivity index (χ1) is 62.6. The third kappa shape index (κ3) is 13.7. The van der Waals surface area contributed by atoms with Crippen molar-refractivity contribution < 1.29 is 9.84 Å². The molecule has 40 atom stereocenters. The van der Waals surface area contributed by atoms with Gasteiger partial charge in [0.1, 0.15) is 11.7 Å². The monoisotopic (exact) mass is 1770 g/mol. The van der Waals surface area contributed by atoms with Crippen LogP contribution < -0.4 is 0 Å². The third-order valence-electron chi connectivity index (χ3n) is 52.7. The van der Waals surface area contributed by atoms with Crippen LogP contribution in [0.5, 0.6) is 0 Å². The fourth-order valence-electron chi connectivity index (χ4n) is 45.4. The number of rotatable bonds is 0. The second-order valence-electron chi connectivity index (χ2n) is 57.2. The first-order valence-electron chi connectivity index (χ1n) is 58.3. The van der Waals surface area contributed by atoms with Crippen LogP contribution in [0.25, 0.3) is 0 Å². The van der Waals surface area contributed by atoms with E-state index in [0.717, 1.165) is 177 Å². The van der Waals surface area contributed by atoms with Crippen LogP contribution in [0.3, 0.4) is 0 Å². The highest BCUT2D eigenvalue weighted by atomic mass is 32.2. The summed E-state index contributed by atoms with van der Waals surface area (Å²) >= 11 is 1.96. The minimum absolute atomic E-state index is 0.111. The lowest BCUT2D eigenvalue weighted by Crippen LogP contribution is -2.53. The van der Waals surface area contributed by atoms with Gasteiger partial charge in [0.25, 0.3) is 0 Å². The smallest absolute Gasteiger partial charge is 0.138 e. The van der Waals surface area contributed by atoms with Gasteiger partial charge in [0.15, 0.2) is 0 Å². The van der Waals surface area contributed by atoms with Crippen LogP contribution in [0.1, 0.15) is 425 Å². The highest BCUT2D eigenvalue weighted by Crippen LogP contribution is 2.77. The average Bonchev–Trinajstić information content (AvgIpc) is 1.52. The number of benzene rings is 2. The minimum Gasteiger partial charge on any atom is -0.486 e. The Bertz CT molecular complexity index is 4790. The third-order valence-corrected chi connectivity index (χ3v) is 54.0. The number of aliphatic hydroxyl groups excluding tert-OH is 1. The summed E-state index contributed by atoms with van der Waals surface area (Å²) in [5.41, 5.74) is 21.0. The molecule has 19 fully saturated rings. The van der Waals surface area contributed by atoms with Crippen molar-refractivity contribution in [3.63, 3.8) is 0 Å². The van der Waals surface area contributed by atoms with E-state index in [1.165, 1.54) is 230 Å². The van der Waals surface area contributed by atoms with Gasteiger partial charge in [-0.25, -0.2) is 0 Å². The summed E-state index contributed by atoms with van der Waals surface area (Å²) in [4.78, 5) is 1.58. The fraction of sp³-hybridized carbons (Fsp3) is 0.827. The molecule has 1 heterocycles. The lowest BCUT2D eigenvalue weighted by Gasteiger charge is -2.61. The molecule has 30 rings (SSSR count). The highest BCUT2D eigenvalue weighted by molar-refractivity contribution is 8.03. The van der Waals surface area contributed by atoms with E-state index in [0.29, 0.717) is 61.1 Å². The van der Waals surface area contributed by atoms with E-state index in [2.05, 4.69) is 156 Å². The van der Waals surface area contributed by atoms with Gasteiger partial charge < -0.3 is 9.84 Å². The predicted octanol–water partition coefficient (Wildman–Crippen LogP) is 34.0. The second-order valence-corrected chi connectivity index (χ2v) is 58.1. The van der Waals surface area contributed by atoms with Crippen LogP contribution in [-0.2, 0) is 30.4 Å². The van der Waals surface area contributed by atoms with Crippen molar-refractivity contribution in [1.82, 2.24) is 0 Å². The van der Waals surface area contributed by atoms with Crippen molar-refractivity contribution in [2.24, 2.45) is 219 Å². The van der Waals surface area contributed by atoms with Gasteiger partial charge in [0.05, 0.1) is 6.10 Å². The fourth-order valence-corrected chi connectivity index (χ4v) is 46.6. The number of ether oxygens (including phenoxy) is 1. The van der Waals surface area contributed by atoms with Crippen LogP contribution in [0, 0.1) is 219 Å². The zero-order valence-corrected chi connectivity index (χ0v) is 85.7. The van der Waals surface area contributed by atoms with Crippen molar-refractivity contribution in [2.45, 2.75) is 429 Å². The molecule has 2 aromatic carbocycles. The molecular formula is C127H184O2S. The molecule has 0 spiro atoms. The molecule has 28 aliphatic rings. The Balaban J connectivity index is 0.0000000843. The number of hydrogen-bond donors (Lipinski definition) is 1. The van der Waals surface area contributed by atoms with Gasteiger partial charge in [-0.1, -0.05) is 229 Å². The molecule has 18 unspecified atom stereocenters. The predicted molar refractivity (Wildman–Crippen MR) is 541 cm³/mol. The van der Waals surface area contributed by atoms with Crippen molar-refractivity contribution in [3.8, 4) is 0 Å². The largest absolute Gasteiger partial charge is 0.486 e. The Morgan fingerprint density at radius 2 is 0.954 bits per heavy atom. The van der Waals surface area contributed by atoms with Gasteiger partial charge >= 0.3 is 0 Å². The van der Waals surface area contributed by atoms with E-state index in [-0.39, 0.29) is 6.10 Å². The average molecular weight is 1770 g/mol. The Labute approximate surface area is 798 Å². The quantitative estimate of drug-likeness (QED) is 0.267. The number of aryl methyl sites for hydroxylation is 1. The minimum atomic E-state index is -0.111. The van der Waals surface area contributed by atoms with Gasteiger partial charge in [-0.05, 0) is 530 Å². The molecule has 1 N–H and O–H groups in total. The second kappa shape index (κ2) is 32.4. The van der Waals surface area contributed by atoms with Crippen LogP contribution in [0.2, 0.25) is 0 Å². The number of allylic oxidation sites excluding steroid dienone is 10. The molecule has 0 amide bonds. The van der Waals surface area contributed by atoms with E-state index >= 15 is 0 Å². The van der Waals surface area contributed by atoms with Crippen molar-refractivity contribution in [3.05, 3.63) is 128 Å². The lowest BCUT2D eigenvalue weighted by atomic mass is 9.43. The summed E-state index contributed by atoms with van der Waals surface area (Å²) in [5, 5.41) is 10.4. The normalized spacial score (nSPS) is 53.9. The molecule has 3 heteroatoms. The van der Waals surface area contributed by atoms with Gasteiger partial charge in [-0.15, -0.1) is 0 Å². The van der Waals surface area contributed by atoms with E-state index in [1.54, 1.807) is 130 Å². The SMILES string of the molecule is C[C@@H]1C[C@]2(C)C3CC[C@]4(C)C5=C(CC4C3C=C[C@H]2C[C@H]1O)OCS5.C[C@@]12C3=CC=C[C@H]1CCC2C1CC[C@H]2CCCC[C@]2(C)C1C3.C[C@@]12CCCC1C1CC[C@H]3CC4=C(C4)C[C@]3(C)C1CC2.C[C@@]12CCCC1C1CC[C@H]3C[C@H]4C[C@H]4C[C@]3(C)C1CC2.C[C@@]12CCCC1C1CC[C@H]3Cc4ccccc4C[C@]3(C)C1CC2.C[C@]12CCCC[C@@H]1CCC1C3CCc4cccc(c43)CC12. The highest BCUT2D eigenvalue weighted by Gasteiger charge is 2.68. The molecule has 710 valence electrons. The zero-order valence-electron chi connectivity index (χ0n) is 84.9. The first kappa shape index (κ1) is 88.7. The van der Waals surface area contributed by atoms with Gasteiger partial charge in [0, 0.05) is 16.7 Å². The van der Waals surface area contributed by atoms with Crippen molar-refractivity contribution >= 4 is 11.8 Å². The number of thioether (sulfide) groups is 1. The molecule has 19 saturated carbocycles. The maximum atomic E-state index is 10.4. The molecule has 27 aliphatic carbocycles. The van der Waals surface area contributed by atoms with Crippen molar-refractivity contribution in [1.29, 1.82) is 0 Å². The standard InChI is InChI=1S/C23H32.C22H32.C21H30O2S.C21H28.C20H32.C20H30/c1-22-12-5-8-20(22)19-10-9-18-14-16-6-3-4-7-17(16)15-23(18,2)21(19)11-13-22;1-21-13-4-3-6-15(21)9-11-18-19-12-10-16-7-5-8-17(14-20(18)21)22(16,19)2;1-12-10-21(3)13(8-17(12)22)4-5-14-15(21)6-7-20(2)16(14)9-18-19(20)24-11-23-18;1-21-12-3-2-7-16(21)9-11-17-18-10-8-14-5-4-6-15(20(14)18)13-19(17)21;2*1-19-8-3-4-17(19)16-6-5-15-11-13-10-14(13)12-20(15,2)18(16)7-9-19/h3-4,6-7,18-21H,5,8-15H2,1-2H3;5,7-8,15-16,18-20H,3-4,6,9-14H2,1-2H3;4-5,12-17,22H,6-11H2,1-3H3;4-6,16-19H,2-3,7-13H2,1H3;13-18H,3-12H2,1-2H3;15-18H,3-12H2,1-2H3/t18-,19?,20?,21?,22-,23-;15-,16+,18?,19?,20?,21+,22+;12-,13+,14?,15?,16?,17-,20+,21+;16-,17?,18?,19?,21+;13-,14+,15+,16?,17?,18?,19+,20+;15-,16?,17?,18?,19-,20-/m011110/s1. The summed E-state index contributed by atoms with van der Waals surface area (Å²) < 4.78 is 5.96. The molecule has 0 radical (unpaired) electrons. The van der Waals surface area contributed by atoms with E-state index in [4.69, 9.17) is 4.74 Å². The Kier molecular flexibility index (Phi) is 22.1. The summed E-state index contributed by atoms with van der Waals surface area (Å²) in [7, 11) is 0. The maximum absolute atomic E-state index is 10.4. The molecular weight excluding hydrogens is 1590 g/mol. The Hall–Kier alpha value is -2.75. The zero-order chi connectivity index (χ0) is 88.4. The topological polar surface area (TPSA) is 29.5 Å². The molecule has 1 aliphatic heterocycles. The number of fused-ring (bicyclic) bond motifs is 31. The molecule has 0 bridgehead atoms. The van der Waals surface area contributed by atoms with E-state index in [9.17, 15) is 5.11 Å². The lowest BCUT2D eigenvalue weighted by molar-refractivity contribution is -0.105. The van der Waals surface area contributed by atoms with Crippen LogP contribution in [-0.4, -0.2) is 17.1 Å². The van der Waals surface area contributed by atoms with Crippen LogP contribution >= 0.6 is 11.8 Å². The Morgan fingerprint density at radius 3 is 1.63 bits per heavy atom.